The molecule has 0 aliphatic heterocycles. The van der Waals surface area contributed by atoms with E-state index in [0.29, 0.717) is 27.2 Å². The molecule has 5 nitrogen and oxygen atoms in total. The lowest BCUT2D eigenvalue weighted by Crippen LogP contribution is -1.88. The van der Waals surface area contributed by atoms with Crippen molar-refractivity contribution < 1.29 is 9.84 Å². The highest BCUT2D eigenvalue weighted by Gasteiger charge is 2.11. The minimum absolute atomic E-state index is 0.0203. The van der Waals surface area contributed by atoms with Crippen LogP contribution in [0, 0.1) is 11.3 Å². The SMILES string of the molecule is COc1cc(/C=C(\C#N)c2nc3ccccc3[nH]2)cc(Br)c1O. The maximum atomic E-state index is 9.85. The predicted octanol–water partition coefficient (Wildman–Crippen LogP) is 4.10. The van der Waals surface area contributed by atoms with Gasteiger partial charge in [-0.05, 0) is 51.8 Å². The van der Waals surface area contributed by atoms with Gasteiger partial charge in [0.15, 0.2) is 11.5 Å². The van der Waals surface area contributed by atoms with E-state index >= 15 is 0 Å². The fourth-order valence-electron chi connectivity index (χ4n) is 2.23. The fraction of sp³-hybridized carbons (Fsp3) is 0.0588. The maximum Gasteiger partial charge on any atom is 0.172 e. The van der Waals surface area contributed by atoms with Crippen LogP contribution in [0.15, 0.2) is 40.9 Å². The largest absolute Gasteiger partial charge is 0.503 e. The van der Waals surface area contributed by atoms with Crippen molar-refractivity contribution in [3.05, 3.63) is 52.3 Å². The maximum absolute atomic E-state index is 9.85. The Hall–Kier alpha value is -2.78. The third-order valence-corrected chi connectivity index (χ3v) is 3.95. The van der Waals surface area contributed by atoms with Gasteiger partial charge in [-0.3, -0.25) is 0 Å². The first-order chi connectivity index (χ1) is 11.1. The molecule has 1 heterocycles. The number of rotatable bonds is 3. The number of nitrogens with zero attached hydrogens (tertiary/aromatic N) is 2. The summed E-state index contributed by atoms with van der Waals surface area (Å²) in [7, 11) is 1.47. The molecule has 0 radical (unpaired) electrons. The number of allylic oxidation sites excluding steroid dienone is 1. The molecular formula is C17H12BrN3O2. The molecule has 3 rings (SSSR count). The molecule has 0 bridgehead atoms. The second kappa shape index (κ2) is 6.15. The number of fused-ring (bicyclic) bond motifs is 1. The molecular weight excluding hydrogens is 358 g/mol. The number of H-pyrrole nitrogens is 1. The third kappa shape index (κ3) is 2.91. The van der Waals surface area contributed by atoms with Crippen LogP contribution in [0.25, 0.3) is 22.7 Å². The topological polar surface area (TPSA) is 81.9 Å². The lowest BCUT2D eigenvalue weighted by molar-refractivity contribution is 0.372. The zero-order valence-electron chi connectivity index (χ0n) is 12.2. The molecule has 23 heavy (non-hydrogen) atoms. The minimum atomic E-state index is 0.0203. The number of hydrogen-bond donors (Lipinski definition) is 2. The van der Waals surface area contributed by atoms with Crippen molar-refractivity contribution in [3.8, 4) is 17.6 Å². The van der Waals surface area contributed by atoms with E-state index in [1.807, 2.05) is 24.3 Å². The monoisotopic (exact) mass is 369 g/mol. The zero-order chi connectivity index (χ0) is 16.4. The first-order valence-corrected chi connectivity index (χ1v) is 7.55. The van der Waals surface area contributed by atoms with Crippen LogP contribution in [0.3, 0.4) is 0 Å². The second-order valence-electron chi connectivity index (χ2n) is 4.83. The van der Waals surface area contributed by atoms with Crippen molar-refractivity contribution in [1.82, 2.24) is 9.97 Å². The van der Waals surface area contributed by atoms with E-state index in [-0.39, 0.29) is 5.75 Å². The standard InChI is InChI=1S/C17H12BrN3O2/c1-23-15-8-10(7-12(18)16(15)22)6-11(9-19)17-20-13-4-2-3-5-14(13)21-17/h2-8,22H,1H3,(H,20,21)/b11-6+. The highest BCUT2D eigenvalue weighted by molar-refractivity contribution is 9.10. The average molecular weight is 370 g/mol. The van der Waals surface area contributed by atoms with Crippen LogP contribution in [0.2, 0.25) is 0 Å². The molecule has 2 N–H and O–H groups in total. The van der Waals surface area contributed by atoms with Crippen molar-refractivity contribution in [2.75, 3.05) is 7.11 Å². The molecule has 0 saturated carbocycles. The summed E-state index contributed by atoms with van der Waals surface area (Å²) in [6.45, 7) is 0. The number of methoxy groups -OCH3 is 1. The number of nitrogens with one attached hydrogen (secondary N) is 1. The van der Waals surface area contributed by atoms with Gasteiger partial charge in [0.25, 0.3) is 0 Å². The van der Waals surface area contributed by atoms with Gasteiger partial charge < -0.3 is 14.8 Å². The summed E-state index contributed by atoms with van der Waals surface area (Å²) < 4.78 is 5.61. The number of para-hydroxylation sites is 2. The van der Waals surface area contributed by atoms with Gasteiger partial charge in [0, 0.05) is 0 Å². The highest BCUT2D eigenvalue weighted by Crippen LogP contribution is 2.36. The molecule has 0 aliphatic rings. The lowest BCUT2D eigenvalue weighted by Gasteiger charge is -2.06. The van der Waals surface area contributed by atoms with E-state index < -0.39 is 0 Å². The predicted molar refractivity (Wildman–Crippen MR) is 91.9 cm³/mol. The molecule has 0 aliphatic carbocycles. The van der Waals surface area contributed by atoms with Crippen molar-refractivity contribution in [2.24, 2.45) is 0 Å². The van der Waals surface area contributed by atoms with Crippen molar-refractivity contribution in [2.45, 2.75) is 0 Å². The summed E-state index contributed by atoms with van der Waals surface area (Å²) in [5.74, 6) is 0.844. The Morgan fingerprint density at radius 3 is 2.87 bits per heavy atom. The van der Waals surface area contributed by atoms with Crippen molar-refractivity contribution in [3.63, 3.8) is 0 Å². The van der Waals surface area contributed by atoms with Gasteiger partial charge in [0.2, 0.25) is 0 Å². The summed E-state index contributed by atoms with van der Waals surface area (Å²) in [6.07, 6.45) is 1.68. The Kier molecular flexibility index (Phi) is 4.04. The number of benzene rings is 2. The van der Waals surface area contributed by atoms with Crippen LogP contribution >= 0.6 is 15.9 Å². The van der Waals surface area contributed by atoms with E-state index in [4.69, 9.17) is 4.74 Å². The molecule has 1 aromatic heterocycles. The van der Waals surface area contributed by atoms with Gasteiger partial charge in [0.1, 0.15) is 11.9 Å². The molecule has 0 saturated heterocycles. The summed E-state index contributed by atoms with van der Waals surface area (Å²) in [5, 5.41) is 19.3. The van der Waals surface area contributed by atoms with Crippen LogP contribution in [-0.2, 0) is 0 Å². The Bertz CT molecular complexity index is 921. The number of phenolic OH excluding ortho intramolecular Hbond substituents is 1. The van der Waals surface area contributed by atoms with Crippen molar-refractivity contribution in [1.29, 1.82) is 5.26 Å². The quantitative estimate of drug-likeness (QED) is 0.680. The van der Waals surface area contributed by atoms with Gasteiger partial charge in [-0.2, -0.15) is 5.26 Å². The summed E-state index contributed by atoms with van der Waals surface area (Å²) in [4.78, 5) is 7.55. The van der Waals surface area contributed by atoms with Crippen LogP contribution < -0.4 is 4.74 Å². The van der Waals surface area contributed by atoms with Crippen LogP contribution in [0.5, 0.6) is 11.5 Å². The fourth-order valence-corrected chi connectivity index (χ4v) is 2.69. The Balaban J connectivity index is 2.09. The third-order valence-electron chi connectivity index (χ3n) is 3.35. The number of aromatic amines is 1. The van der Waals surface area contributed by atoms with Gasteiger partial charge in [-0.15, -0.1) is 0 Å². The van der Waals surface area contributed by atoms with Crippen molar-refractivity contribution >= 4 is 38.6 Å². The van der Waals surface area contributed by atoms with Gasteiger partial charge in [0.05, 0.1) is 28.2 Å². The van der Waals surface area contributed by atoms with E-state index in [2.05, 4.69) is 32.0 Å². The molecule has 0 unspecified atom stereocenters. The lowest BCUT2D eigenvalue weighted by atomic mass is 10.1. The first-order valence-electron chi connectivity index (χ1n) is 6.76. The van der Waals surface area contributed by atoms with E-state index in [0.717, 1.165) is 11.0 Å². The number of halogens is 1. The highest BCUT2D eigenvalue weighted by atomic mass is 79.9. The molecule has 2 aromatic carbocycles. The van der Waals surface area contributed by atoms with Gasteiger partial charge >= 0.3 is 0 Å². The molecule has 0 spiro atoms. The smallest absolute Gasteiger partial charge is 0.172 e. The first kappa shape index (κ1) is 15.1. The van der Waals surface area contributed by atoms with Gasteiger partial charge in [-0.25, -0.2) is 4.98 Å². The van der Waals surface area contributed by atoms with Crippen LogP contribution in [0.1, 0.15) is 11.4 Å². The molecule has 0 atom stereocenters. The number of aromatic nitrogens is 2. The van der Waals surface area contributed by atoms with Crippen LogP contribution in [0.4, 0.5) is 0 Å². The number of hydrogen-bond acceptors (Lipinski definition) is 4. The summed E-state index contributed by atoms with van der Waals surface area (Å²) in [6, 6.07) is 13.1. The van der Waals surface area contributed by atoms with Gasteiger partial charge in [-0.1, -0.05) is 12.1 Å². The molecule has 114 valence electrons. The Morgan fingerprint density at radius 2 is 2.17 bits per heavy atom. The Morgan fingerprint density at radius 1 is 1.39 bits per heavy atom. The number of nitriles is 1. The molecule has 3 aromatic rings. The number of ether oxygens (including phenoxy) is 1. The molecule has 0 amide bonds. The van der Waals surface area contributed by atoms with E-state index in [9.17, 15) is 10.4 Å². The normalized spacial score (nSPS) is 11.4. The molecule has 6 heteroatoms. The van der Waals surface area contributed by atoms with Crippen LogP contribution in [-0.4, -0.2) is 22.2 Å². The van der Waals surface area contributed by atoms with E-state index in [1.165, 1.54) is 7.11 Å². The molecule has 0 fully saturated rings. The average Bonchev–Trinajstić information content (AvgIpc) is 2.99. The minimum Gasteiger partial charge on any atom is -0.503 e. The zero-order valence-corrected chi connectivity index (χ0v) is 13.8. The number of aromatic hydroxyl groups is 1. The summed E-state index contributed by atoms with van der Waals surface area (Å²) in [5.41, 5.74) is 2.77. The number of imidazole rings is 1. The second-order valence-corrected chi connectivity index (χ2v) is 5.68. The summed E-state index contributed by atoms with van der Waals surface area (Å²) >= 11 is 3.27. The number of phenols is 1. The Labute approximate surface area is 141 Å². The van der Waals surface area contributed by atoms with E-state index in [1.54, 1.807) is 18.2 Å².